The van der Waals surface area contributed by atoms with Crippen molar-refractivity contribution in [3.63, 3.8) is 0 Å². The first kappa shape index (κ1) is 7.28. The van der Waals surface area contributed by atoms with Crippen LogP contribution in [0.25, 0.3) is 0 Å². The van der Waals surface area contributed by atoms with Gasteiger partial charge in [0.05, 0.1) is 0 Å². The van der Waals surface area contributed by atoms with Gasteiger partial charge in [-0.1, -0.05) is 12.2 Å². The van der Waals surface area contributed by atoms with E-state index in [1.54, 1.807) is 0 Å². The summed E-state index contributed by atoms with van der Waals surface area (Å²) in [5.74, 6) is 0. The SMILES string of the molecule is C=C(C)/C=C(/C)NC. The molecule has 0 radical (unpaired) electrons. The largest absolute Gasteiger partial charge is 0.392 e. The van der Waals surface area contributed by atoms with Crippen LogP contribution in [0.4, 0.5) is 0 Å². The van der Waals surface area contributed by atoms with E-state index in [1.165, 1.54) is 0 Å². The molecule has 0 aromatic rings. The highest BCUT2D eigenvalue weighted by Gasteiger charge is 1.78. The molecule has 0 aliphatic carbocycles. The van der Waals surface area contributed by atoms with E-state index >= 15 is 0 Å². The molecule has 0 saturated carbocycles. The predicted molar refractivity (Wildman–Crippen MR) is 37.6 cm³/mol. The molecule has 0 aliphatic rings. The number of allylic oxidation sites excluding steroid dienone is 3. The Hall–Kier alpha value is -0.720. The maximum absolute atomic E-state index is 3.73. The fraction of sp³-hybridized carbons (Fsp3) is 0.429. The minimum Gasteiger partial charge on any atom is -0.392 e. The Morgan fingerprint density at radius 2 is 2.00 bits per heavy atom. The predicted octanol–water partition coefficient (Wildman–Crippen LogP) is 1.69. The van der Waals surface area contributed by atoms with Crippen LogP contribution in [-0.4, -0.2) is 7.05 Å². The molecule has 0 aromatic carbocycles. The molecule has 0 atom stereocenters. The lowest BCUT2D eigenvalue weighted by molar-refractivity contribution is 0.986. The molecular formula is C7H13N. The number of nitrogens with one attached hydrogen (secondary N) is 1. The van der Waals surface area contributed by atoms with E-state index in [0.717, 1.165) is 11.3 Å². The van der Waals surface area contributed by atoms with Gasteiger partial charge in [-0.15, -0.1) is 0 Å². The van der Waals surface area contributed by atoms with Crippen LogP contribution in [-0.2, 0) is 0 Å². The zero-order valence-electron chi connectivity index (χ0n) is 5.78. The molecule has 46 valence electrons. The average Bonchev–Trinajstić information content (AvgIpc) is 1.65. The summed E-state index contributed by atoms with van der Waals surface area (Å²) < 4.78 is 0. The van der Waals surface area contributed by atoms with Crippen LogP contribution in [0.2, 0.25) is 0 Å². The van der Waals surface area contributed by atoms with Crippen molar-refractivity contribution in [3.05, 3.63) is 23.9 Å². The third-order valence-corrected chi connectivity index (χ3v) is 0.857. The first-order valence-electron chi connectivity index (χ1n) is 2.68. The van der Waals surface area contributed by atoms with Crippen LogP contribution in [0.5, 0.6) is 0 Å². The topological polar surface area (TPSA) is 12.0 Å². The van der Waals surface area contributed by atoms with Crippen molar-refractivity contribution >= 4 is 0 Å². The van der Waals surface area contributed by atoms with Gasteiger partial charge in [-0.25, -0.2) is 0 Å². The molecular weight excluding hydrogens is 98.1 g/mol. The van der Waals surface area contributed by atoms with Gasteiger partial charge in [-0.3, -0.25) is 0 Å². The smallest absolute Gasteiger partial charge is 0.00748 e. The first-order chi connectivity index (χ1) is 3.66. The van der Waals surface area contributed by atoms with Crippen molar-refractivity contribution in [1.82, 2.24) is 5.32 Å². The fourth-order valence-corrected chi connectivity index (χ4v) is 0.442. The summed E-state index contributed by atoms with van der Waals surface area (Å²) in [7, 11) is 1.90. The molecule has 1 N–H and O–H groups in total. The van der Waals surface area contributed by atoms with Gasteiger partial charge in [0.15, 0.2) is 0 Å². The highest BCUT2D eigenvalue weighted by atomic mass is 14.8. The van der Waals surface area contributed by atoms with Gasteiger partial charge >= 0.3 is 0 Å². The van der Waals surface area contributed by atoms with Gasteiger partial charge in [-0.2, -0.15) is 0 Å². The van der Waals surface area contributed by atoms with Crippen LogP contribution in [0.3, 0.4) is 0 Å². The lowest BCUT2D eigenvalue weighted by Crippen LogP contribution is -2.00. The third-order valence-electron chi connectivity index (χ3n) is 0.857. The fourth-order valence-electron chi connectivity index (χ4n) is 0.442. The summed E-state index contributed by atoms with van der Waals surface area (Å²) in [6, 6.07) is 0. The van der Waals surface area contributed by atoms with Crippen LogP contribution in [0, 0.1) is 0 Å². The van der Waals surface area contributed by atoms with Crippen molar-refractivity contribution in [2.75, 3.05) is 7.05 Å². The number of hydrogen-bond donors (Lipinski definition) is 1. The highest BCUT2D eigenvalue weighted by Crippen LogP contribution is 1.92. The van der Waals surface area contributed by atoms with Crippen LogP contribution < -0.4 is 5.32 Å². The first-order valence-corrected chi connectivity index (χ1v) is 2.68. The second-order valence-electron chi connectivity index (χ2n) is 1.92. The Kier molecular flexibility index (Phi) is 3.01. The van der Waals surface area contributed by atoms with E-state index in [9.17, 15) is 0 Å². The third kappa shape index (κ3) is 3.47. The van der Waals surface area contributed by atoms with Crippen LogP contribution in [0.15, 0.2) is 23.9 Å². The van der Waals surface area contributed by atoms with Gasteiger partial charge < -0.3 is 5.32 Å². The van der Waals surface area contributed by atoms with Crippen LogP contribution >= 0.6 is 0 Å². The molecule has 0 fully saturated rings. The van der Waals surface area contributed by atoms with Crippen molar-refractivity contribution in [1.29, 1.82) is 0 Å². The molecule has 0 aliphatic heterocycles. The summed E-state index contributed by atoms with van der Waals surface area (Å²) in [6.45, 7) is 7.71. The average molecular weight is 111 g/mol. The normalized spacial score (nSPS) is 11.1. The lowest BCUT2D eigenvalue weighted by atomic mass is 10.3. The van der Waals surface area contributed by atoms with Crippen molar-refractivity contribution in [3.8, 4) is 0 Å². The zero-order chi connectivity index (χ0) is 6.57. The van der Waals surface area contributed by atoms with Gasteiger partial charge in [0, 0.05) is 12.7 Å². The molecule has 0 rings (SSSR count). The lowest BCUT2D eigenvalue weighted by Gasteiger charge is -1.95. The molecule has 8 heavy (non-hydrogen) atoms. The van der Waals surface area contributed by atoms with E-state index in [4.69, 9.17) is 0 Å². The number of hydrogen-bond acceptors (Lipinski definition) is 1. The molecule has 0 spiro atoms. The molecule has 0 unspecified atom stereocenters. The highest BCUT2D eigenvalue weighted by molar-refractivity contribution is 5.15. The standard InChI is InChI=1S/C7H13N/c1-6(2)5-7(3)8-4/h5,8H,1H2,2-4H3/b7-5-. The van der Waals surface area contributed by atoms with Crippen LogP contribution in [0.1, 0.15) is 13.8 Å². The van der Waals surface area contributed by atoms with E-state index in [0.29, 0.717) is 0 Å². The van der Waals surface area contributed by atoms with E-state index in [-0.39, 0.29) is 0 Å². The van der Waals surface area contributed by atoms with E-state index in [2.05, 4.69) is 11.9 Å². The molecule has 0 bridgehead atoms. The Morgan fingerprint density at radius 3 is 2.12 bits per heavy atom. The molecule has 1 nitrogen and oxygen atoms in total. The second-order valence-corrected chi connectivity index (χ2v) is 1.92. The second kappa shape index (κ2) is 3.30. The van der Waals surface area contributed by atoms with E-state index < -0.39 is 0 Å². The summed E-state index contributed by atoms with van der Waals surface area (Å²) in [4.78, 5) is 0. The molecule has 0 saturated heterocycles. The summed E-state index contributed by atoms with van der Waals surface area (Å²) in [5.41, 5.74) is 2.23. The van der Waals surface area contributed by atoms with Crippen molar-refractivity contribution < 1.29 is 0 Å². The molecule has 0 heterocycles. The van der Waals surface area contributed by atoms with Gasteiger partial charge in [-0.05, 0) is 19.9 Å². The summed E-state index contributed by atoms with van der Waals surface area (Å²) in [5, 5.41) is 3.00. The van der Waals surface area contributed by atoms with Gasteiger partial charge in [0.1, 0.15) is 0 Å². The number of rotatable bonds is 2. The zero-order valence-corrected chi connectivity index (χ0v) is 5.78. The minimum absolute atomic E-state index is 1.08. The van der Waals surface area contributed by atoms with E-state index in [1.807, 2.05) is 27.0 Å². The Balaban J connectivity index is 3.75. The summed E-state index contributed by atoms with van der Waals surface area (Å²) >= 11 is 0. The Labute approximate surface area is 51.1 Å². The van der Waals surface area contributed by atoms with Crippen molar-refractivity contribution in [2.45, 2.75) is 13.8 Å². The Morgan fingerprint density at radius 1 is 1.50 bits per heavy atom. The quantitative estimate of drug-likeness (QED) is 0.535. The maximum Gasteiger partial charge on any atom is 0.00748 e. The maximum atomic E-state index is 3.73. The monoisotopic (exact) mass is 111 g/mol. The Bertz CT molecular complexity index is 112. The van der Waals surface area contributed by atoms with Crippen molar-refractivity contribution in [2.24, 2.45) is 0 Å². The molecule has 0 amide bonds. The minimum atomic E-state index is 1.08. The summed E-state index contributed by atoms with van der Waals surface area (Å²) in [6.07, 6.45) is 2.00. The van der Waals surface area contributed by atoms with Gasteiger partial charge in [0.25, 0.3) is 0 Å². The van der Waals surface area contributed by atoms with Gasteiger partial charge in [0.2, 0.25) is 0 Å². The molecule has 1 heteroatoms. The molecule has 0 aromatic heterocycles.